The van der Waals surface area contributed by atoms with Crippen LogP contribution in [0.25, 0.3) is 0 Å². The number of rotatable bonds is 3. The van der Waals surface area contributed by atoms with E-state index in [2.05, 4.69) is 15.5 Å². The Labute approximate surface area is 132 Å². The van der Waals surface area contributed by atoms with E-state index >= 15 is 0 Å². The lowest BCUT2D eigenvalue weighted by Gasteiger charge is -2.23. The smallest absolute Gasteiger partial charge is 0.252 e. The minimum Gasteiger partial charge on any atom is -0.490 e. The molecule has 2 heterocycles. The van der Waals surface area contributed by atoms with Crippen LogP contribution in [0, 0.1) is 0 Å². The van der Waals surface area contributed by atoms with Gasteiger partial charge in [-0.2, -0.15) is 0 Å². The van der Waals surface area contributed by atoms with Crippen LogP contribution < -0.4 is 15.8 Å². The summed E-state index contributed by atoms with van der Waals surface area (Å²) < 4.78 is 5.65. The lowest BCUT2D eigenvalue weighted by molar-refractivity contribution is 0.0911. The summed E-state index contributed by atoms with van der Waals surface area (Å²) in [6.07, 6.45) is 0.987. The Morgan fingerprint density at radius 2 is 2.23 bits per heavy atom. The van der Waals surface area contributed by atoms with Crippen molar-refractivity contribution in [2.75, 3.05) is 5.73 Å². The Balaban J connectivity index is 1.79. The highest BCUT2D eigenvalue weighted by molar-refractivity contribution is 7.15. The molecule has 1 aliphatic heterocycles. The molecule has 0 saturated carbocycles. The molecule has 0 radical (unpaired) electrons. The molecule has 22 heavy (non-hydrogen) atoms. The van der Waals surface area contributed by atoms with Crippen molar-refractivity contribution in [2.24, 2.45) is 0 Å². The summed E-state index contributed by atoms with van der Waals surface area (Å²) in [5.74, 6) is 0.710. The van der Waals surface area contributed by atoms with Crippen molar-refractivity contribution in [1.82, 2.24) is 15.5 Å². The van der Waals surface area contributed by atoms with Crippen LogP contribution in [-0.2, 0) is 12.0 Å². The summed E-state index contributed by atoms with van der Waals surface area (Å²) in [7, 11) is 0. The van der Waals surface area contributed by atoms with Gasteiger partial charge in [0.25, 0.3) is 5.91 Å². The number of benzene rings is 1. The van der Waals surface area contributed by atoms with E-state index in [1.165, 1.54) is 11.3 Å². The number of nitrogens with one attached hydrogen (secondary N) is 1. The predicted molar refractivity (Wildman–Crippen MR) is 85.0 cm³/mol. The molecule has 0 fully saturated rings. The van der Waals surface area contributed by atoms with Gasteiger partial charge in [-0.3, -0.25) is 4.79 Å². The van der Waals surface area contributed by atoms with E-state index in [0.29, 0.717) is 15.7 Å². The van der Waals surface area contributed by atoms with Crippen LogP contribution in [0.4, 0.5) is 5.13 Å². The molecule has 3 rings (SSSR count). The maximum Gasteiger partial charge on any atom is 0.252 e. The van der Waals surface area contributed by atoms with Crippen molar-refractivity contribution < 1.29 is 9.53 Å². The molecule has 0 aliphatic carbocycles. The zero-order valence-corrected chi connectivity index (χ0v) is 13.5. The molecule has 2 aromatic rings. The molecule has 0 bridgehead atoms. The summed E-state index contributed by atoms with van der Waals surface area (Å²) in [6.45, 7) is 5.77. The van der Waals surface area contributed by atoms with Crippen molar-refractivity contribution in [2.45, 2.75) is 38.8 Å². The van der Waals surface area contributed by atoms with Crippen LogP contribution in [0.3, 0.4) is 0 Å². The number of nitrogens with zero attached hydrogens (tertiary/aromatic N) is 2. The van der Waals surface area contributed by atoms with Gasteiger partial charge < -0.3 is 15.8 Å². The molecule has 0 saturated heterocycles. The normalized spacial score (nSPS) is 17.0. The minimum atomic E-state index is -0.630. The number of hydrogen-bond acceptors (Lipinski definition) is 6. The zero-order valence-electron chi connectivity index (χ0n) is 12.7. The van der Waals surface area contributed by atoms with Gasteiger partial charge >= 0.3 is 0 Å². The van der Waals surface area contributed by atoms with Crippen LogP contribution in [0.15, 0.2) is 18.2 Å². The topological polar surface area (TPSA) is 90.1 Å². The highest BCUT2D eigenvalue weighted by Gasteiger charge is 2.28. The maximum atomic E-state index is 12.5. The molecular formula is C15H18N4O2S. The number of amides is 1. The van der Waals surface area contributed by atoms with Gasteiger partial charge in [-0.25, -0.2) is 0 Å². The van der Waals surface area contributed by atoms with E-state index in [1.807, 2.05) is 32.9 Å². The summed E-state index contributed by atoms with van der Waals surface area (Å²) in [5.41, 5.74) is 6.66. The molecule has 0 unspecified atom stereocenters. The van der Waals surface area contributed by atoms with Gasteiger partial charge in [-0.15, -0.1) is 10.2 Å². The first-order chi connectivity index (χ1) is 10.3. The summed E-state index contributed by atoms with van der Waals surface area (Å²) in [6, 6.07) is 5.51. The summed E-state index contributed by atoms with van der Waals surface area (Å²) >= 11 is 1.27. The number of nitrogen functional groups attached to an aromatic ring is 1. The number of fused-ring (bicyclic) bond motifs is 1. The van der Waals surface area contributed by atoms with Gasteiger partial charge in [0, 0.05) is 12.0 Å². The van der Waals surface area contributed by atoms with Gasteiger partial charge in [0.15, 0.2) is 0 Å². The minimum absolute atomic E-state index is 0.152. The Morgan fingerprint density at radius 1 is 1.45 bits per heavy atom. The molecule has 116 valence electrons. The first kappa shape index (κ1) is 14.8. The van der Waals surface area contributed by atoms with Gasteiger partial charge in [0.1, 0.15) is 16.9 Å². The predicted octanol–water partition coefficient (Wildman–Crippen LogP) is 2.11. The van der Waals surface area contributed by atoms with Gasteiger partial charge in [0.2, 0.25) is 5.13 Å². The Morgan fingerprint density at radius 3 is 2.91 bits per heavy atom. The second kappa shape index (κ2) is 5.24. The average molecular weight is 318 g/mol. The Hall–Kier alpha value is -2.15. The highest BCUT2D eigenvalue weighted by Crippen LogP contribution is 2.30. The zero-order chi connectivity index (χ0) is 15.9. The average Bonchev–Trinajstić information content (AvgIpc) is 3.02. The molecule has 1 atom stereocenters. The lowest BCUT2D eigenvalue weighted by Crippen LogP contribution is -2.41. The first-order valence-corrected chi connectivity index (χ1v) is 7.88. The second-order valence-corrected chi connectivity index (χ2v) is 6.99. The lowest BCUT2D eigenvalue weighted by atomic mass is 10.0. The number of carbonyl (C=O) groups is 1. The van der Waals surface area contributed by atoms with Gasteiger partial charge in [-0.05, 0) is 44.5 Å². The van der Waals surface area contributed by atoms with Crippen molar-refractivity contribution in [3.8, 4) is 5.75 Å². The second-order valence-electron chi connectivity index (χ2n) is 5.98. The monoisotopic (exact) mass is 318 g/mol. The van der Waals surface area contributed by atoms with Crippen LogP contribution in [-0.4, -0.2) is 22.2 Å². The van der Waals surface area contributed by atoms with Crippen LogP contribution in [0.5, 0.6) is 5.75 Å². The van der Waals surface area contributed by atoms with E-state index in [4.69, 9.17) is 10.5 Å². The van der Waals surface area contributed by atoms with E-state index in [1.54, 1.807) is 6.07 Å². The SMILES string of the molecule is C[C@@H]1Cc2cc(C(=O)NC(C)(C)c3nnc(N)s3)ccc2O1. The fraction of sp³-hybridized carbons (Fsp3) is 0.400. The molecule has 1 aromatic heterocycles. The summed E-state index contributed by atoms with van der Waals surface area (Å²) in [5, 5.41) is 11.9. The standard InChI is InChI=1S/C15H18N4O2S/c1-8-6-10-7-9(4-5-11(10)21-8)12(20)17-15(2,3)13-18-19-14(16)22-13/h4-5,7-8H,6H2,1-3H3,(H2,16,19)(H,17,20)/t8-/m1/s1. The van der Waals surface area contributed by atoms with E-state index < -0.39 is 5.54 Å². The van der Waals surface area contributed by atoms with Gasteiger partial charge in [0.05, 0.1) is 5.54 Å². The number of hydrogen-bond donors (Lipinski definition) is 2. The van der Waals surface area contributed by atoms with E-state index in [0.717, 1.165) is 17.7 Å². The van der Waals surface area contributed by atoms with Crippen molar-refractivity contribution >= 4 is 22.4 Å². The third-order valence-corrected chi connectivity index (χ3v) is 4.64. The molecule has 1 aliphatic rings. The van der Waals surface area contributed by atoms with Crippen molar-refractivity contribution in [1.29, 1.82) is 0 Å². The molecule has 0 spiro atoms. The molecule has 1 amide bonds. The quantitative estimate of drug-likeness (QED) is 0.904. The van der Waals surface area contributed by atoms with E-state index in [9.17, 15) is 4.79 Å². The largest absolute Gasteiger partial charge is 0.490 e. The number of aromatic nitrogens is 2. The highest BCUT2D eigenvalue weighted by atomic mass is 32.1. The molecule has 6 nitrogen and oxygen atoms in total. The third kappa shape index (κ3) is 2.76. The molecule has 1 aromatic carbocycles. The fourth-order valence-corrected chi connectivity index (χ4v) is 3.13. The first-order valence-electron chi connectivity index (χ1n) is 7.07. The van der Waals surface area contributed by atoms with Gasteiger partial charge in [-0.1, -0.05) is 11.3 Å². The summed E-state index contributed by atoms with van der Waals surface area (Å²) in [4.78, 5) is 12.5. The van der Waals surface area contributed by atoms with Crippen molar-refractivity contribution in [3.63, 3.8) is 0 Å². The number of carbonyl (C=O) groups excluding carboxylic acids is 1. The third-order valence-electron chi connectivity index (χ3n) is 3.56. The maximum absolute atomic E-state index is 12.5. The fourth-order valence-electron chi connectivity index (χ4n) is 2.46. The van der Waals surface area contributed by atoms with Crippen LogP contribution >= 0.6 is 11.3 Å². The van der Waals surface area contributed by atoms with Crippen LogP contribution in [0.2, 0.25) is 0 Å². The molecular weight excluding hydrogens is 300 g/mol. The number of nitrogens with two attached hydrogens (primary N) is 1. The Kier molecular flexibility index (Phi) is 3.52. The van der Waals surface area contributed by atoms with Crippen molar-refractivity contribution in [3.05, 3.63) is 34.3 Å². The number of anilines is 1. The molecule has 3 N–H and O–H groups in total. The molecule has 7 heteroatoms. The number of ether oxygens (including phenoxy) is 1. The Bertz CT molecular complexity index is 726. The van der Waals surface area contributed by atoms with E-state index in [-0.39, 0.29) is 12.0 Å². The van der Waals surface area contributed by atoms with Crippen LogP contribution in [0.1, 0.15) is 41.7 Å².